The minimum absolute atomic E-state index is 0.309. The molecule has 1 aliphatic heterocycles. The number of hydrogen-bond donors (Lipinski definition) is 2. The first-order chi connectivity index (χ1) is 16.2. The fraction of sp³-hybridized carbons (Fsp3) is 0.379. The number of nitrogens with one attached hydrogen (secondary N) is 1. The lowest BCUT2D eigenvalue weighted by molar-refractivity contribution is 0.105. The Morgan fingerprint density at radius 2 is 1.45 bits per heavy atom. The second kappa shape index (κ2) is 11.9. The van der Waals surface area contributed by atoms with Crippen LogP contribution in [0.15, 0.2) is 78.9 Å². The fourth-order valence-electron chi connectivity index (χ4n) is 4.79. The summed E-state index contributed by atoms with van der Waals surface area (Å²) in [5.41, 5.74) is 12.3. The van der Waals surface area contributed by atoms with Gasteiger partial charge in [-0.1, -0.05) is 86.5 Å². The predicted octanol–water partition coefficient (Wildman–Crippen LogP) is 5.78. The molecule has 4 nitrogen and oxygen atoms in total. The Kier molecular flexibility index (Phi) is 8.40. The van der Waals surface area contributed by atoms with Crippen LogP contribution in [0.3, 0.4) is 0 Å². The van der Waals surface area contributed by atoms with Gasteiger partial charge in [0.15, 0.2) is 0 Å². The lowest BCUT2D eigenvalue weighted by Gasteiger charge is -2.40. The highest BCUT2D eigenvalue weighted by Crippen LogP contribution is 2.30. The maximum absolute atomic E-state index is 6.34. The van der Waals surface area contributed by atoms with Gasteiger partial charge in [0.05, 0.1) is 17.4 Å². The van der Waals surface area contributed by atoms with Gasteiger partial charge < -0.3 is 11.1 Å². The molecule has 0 amide bonds. The summed E-state index contributed by atoms with van der Waals surface area (Å²) in [6.07, 6.45) is 3.68. The SMILES string of the molecule is CCCCCNc1ccc(CN2CCN(C(c3ccccc3)c3ccccc3)CC2)cc1N. The molecule has 4 rings (SSSR count). The van der Waals surface area contributed by atoms with Crippen molar-refractivity contribution >= 4 is 11.4 Å². The molecular formula is C29H38N4. The summed E-state index contributed by atoms with van der Waals surface area (Å²) in [4.78, 5) is 5.17. The molecule has 0 bridgehead atoms. The standard InChI is InChI=1S/C29H38N4/c1-2-3-10-17-31-28-16-15-24(22-27(28)30)23-32-18-20-33(21-19-32)29(25-11-6-4-7-12-25)26-13-8-5-9-14-26/h4-9,11-16,22,29,31H,2-3,10,17-21,23,30H2,1H3. The number of hydrogen-bond acceptors (Lipinski definition) is 4. The molecule has 4 heteroatoms. The summed E-state index contributed by atoms with van der Waals surface area (Å²) in [6.45, 7) is 8.41. The first-order valence-electron chi connectivity index (χ1n) is 12.4. The van der Waals surface area contributed by atoms with Crippen molar-refractivity contribution in [3.8, 4) is 0 Å². The Morgan fingerprint density at radius 1 is 0.818 bits per heavy atom. The van der Waals surface area contributed by atoms with E-state index in [9.17, 15) is 0 Å². The van der Waals surface area contributed by atoms with Gasteiger partial charge in [-0.05, 0) is 35.2 Å². The van der Waals surface area contributed by atoms with Crippen molar-refractivity contribution in [3.63, 3.8) is 0 Å². The van der Waals surface area contributed by atoms with Gasteiger partial charge in [0.2, 0.25) is 0 Å². The molecule has 1 aliphatic rings. The molecule has 0 spiro atoms. The van der Waals surface area contributed by atoms with Gasteiger partial charge in [-0.25, -0.2) is 0 Å². The number of nitrogens with zero attached hydrogens (tertiary/aromatic N) is 2. The molecular weight excluding hydrogens is 404 g/mol. The van der Waals surface area contributed by atoms with E-state index in [-0.39, 0.29) is 0 Å². The predicted molar refractivity (Wildman–Crippen MR) is 140 cm³/mol. The van der Waals surface area contributed by atoms with Gasteiger partial charge in [-0.2, -0.15) is 0 Å². The van der Waals surface area contributed by atoms with Gasteiger partial charge >= 0.3 is 0 Å². The molecule has 3 N–H and O–H groups in total. The molecule has 1 saturated heterocycles. The molecule has 0 atom stereocenters. The zero-order chi connectivity index (χ0) is 22.9. The Morgan fingerprint density at radius 3 is 2.03 bits per heavy atom. The molecule has 3 aromatic carbocycles. The van der Waals surface area contributed by atoms with E-state index < -0.39 is 0 Å². The van der Waals surface area contributed by atoms with Crippen molar-refractivity contribution in [1.29, 1.82) is 0 Å². The van der Waals surface area contributed by atoms with Crippen molar-refractivity contribution in [2.45, 2.75) is 38.8 Å². The van der Waals surface area contributed by atoms with Crippen molar-refractivity contribution in [3.05, 3.63) is 95.6 Å². The van der Waals surface area contributed by atoms with Crippen molar-refractivity contribution in [2.24, 2.45) is 0 Å². The highest BCUT2D eigenvalue weighted by molar-refractivity contribution is 5.66. The smallest absolute Gasteiger partial charge is 0.0602 e. The van der Waals surface area contributed by atoms with Crippen LogP contribution < -0.4 is 11.1 Å². The lowest BCUT2D eigenvalue weighted by atomic mass is 9.96. The fourth-order valence-corrected chi connectivity index (χ4v) is 4.79. The third-order valence-corrected chi connectivity index (χ3v) is 6.62. The molecule has 3 aromatic rings. The summed E-state index contributed by atoms with van der Waals surface area (Å²) in [7, 11) is 0. The van der Waals surface area contributed by atoms with Crippen LogP contribution in [0.25, 0.3) is 0 Å². The van der Waals surface area contributed by atoms with E-state index in [1.54, 1.807) is 0 Å². The monoisotopic (exact) mass is 442 g/mol. The zero-order valence-corrected chi connectivity index (χ0v) is 19.9. The van der Waals surface area contributed by atoms with Gasteiger partial charge in [-0.3, -0.25) is 9.80 Å². The van der Waals surface area contributed by atoms with Crippen molar-refractivity contribution in [1.82, 2.24) is 9.80 Å². The largest absolute Gasteiger partial charge is 0.397 e. The summed E-state index contributed by atoms with van der Waals surface area (Å²) in [5, 5.41) is 3.48. The van der Waals surface area contributed by atoms with Crippen LogP contribution in [0.4, 0.5) is 11.4 Å². The first kappa shape index (κ1) is 23.3. The normalized spacial score (nSPS) is 15.1. The van der Waals surface area contributed by atoms with E-state index in [4.69, 9.17) is 5.73 Å². The number of rotatable bonds is 10. The van der Waals surface area contributed by atoms with Crippen LogP contribution in [0.2, 0.25) is 0 Å². The zero-order valence-electron chi connectivity index (χ0n) is 19.9. The van der Waals surface area contributed by atoms with E-state index in [0.717, 1.165) is 50.6 Å². The van der Waals surface area contributed by atoms with Crippen LogP contribution in [0.1, 0.15) is 48.9 Å². The quantitative estimate of drug-likeness (QED) is 0.309. The minimum atomic E-state index is 0.309. The molecule has 174 valence electrons. The van der Waals surface area contributed by atoms with Crippen LogP contribution in [-0.4, -0.2) is 42.5 Å². The van der Waals surface area contributed by atoms with E-state index in [0.29, 0.717) is 6.04 Å². The van der Waals surface area contributed by atoms with E-state index in [2.05, 4.69) is 101 Å². The summed E-state index contributed by atoms with van der Waals surface area (Å²) >= 11 is 0. The number of unbranched alkanes of at least 4 members (excludes halogenated alkanes) is 2. The van der Waals surface area contributed by atoms with Crippen LogP contribution in [-0.2, 0) is 6.54 Å². The molecule has 1 fully saturated rings. The topological polar surface area (TPSA) is 44.5 Å². The molecule has 0 saturated carbocycles. The molecule has 0 radical (unpaired) electrons. The lowest BCUT2D eigenvalue weighted by Crippen LogP contribution is -2.47. The maximum atomic E-state index is 6.34. The molecule has 1 heterocycles. The first-order valence-corrected chi connectivity index (χ1v) is 12.4. The van der Waals surface area contributed by atoms with Crippen LogP contribution >= 0.6 is 0 Å². The average molecular weight is 443 g/mol. The summed E-state index contributed by atoms with van der Waals surface area (Å²) < 4.78 is 0. The molecule has 0 aliphatic carbocycles. The average Bonchev–Trinajstić information content (AvgIpc) is 2.86. The number of nitrogens with two attached hydrogens (primary N) is 1. The van der Waals surface area contributed by atoms with Gasteiger partial charge in [0.1, 0.15) is 0 Å². The van der Waals surface area contributed by atoms with E-state index in [1.165, 1.54) is 36.0 Å². The highest BCUT2D eigenvalue weighted by Gasteiger charge is 2.26. The van der Waals surface area contributed by atoms with E-state index >= 15 is 0 Å². The minimum Gasteiger partial charge on any atom is -0.397 e. The van der Waals surface area contributed by atoms with Gasteiger partial charge in [0.25, 0.3) is 0 Å². The van der Waals surface area contributed by atoms with Crippen LogP contribution in [0, 0.1) is 0 Å². The molecule has 0 aromatic heterocycles. The second-order valence-electron chi connectivity index (χ2n) is 9.09. The number of benzene rings is 3. The van der Waals surface area contributed by atoms with Crippen molar-refractivity contribution in [2.75, 3.05) is 43.8 Å². The maximum Gasteiger partial charge on any atom is 0.0602 e. The van der Waals surface area contributed by atoms with Crippen LogP contribution in [0.5, 0.6) is 0 Å². The second-order valence-corrected chi connectivity index (χ2v) is 9.09. The molecule has 0 unspecified atom stereocenters. The number of nitrogen functional groups attached to an aromatic ring is 1. The number of piperazine rings is 1. The Hall–Kier alpha value is -2.82. The highest BCUT2D eigenvalue weighted by atomic mass is 15.3. The third-order valence-electron chi connectivity index (χ3n) is 6.62. The number of anilines is 2. The van der Waals surface area contributed by atoms with Gasteiger partial charge in [0, 0.05) is 39.3 Å². The summed E-state index contributed by atoms with van der Waals surface area (Å²) in [6, 6.07) is 28.6. The van der Waals surface area contributed by atoms with Gasteiger partial charge in [-0.15, -0.1) is 0 Å². The Labute approximate surface area is 199 Å². The van der Waals surface area contributed by atoms with E-state index in [1.807, 2.05) is 0 Å². The summed E-state index contributed by atoms with van der Waals surface area (Å²) in [5.74, 6) is 0. The molecule has 33 heavy (non-hydrogen) atoms. The Bertz CT molecular complexity index is 926. The third kappa shape index (κ3) is 6.37. The Balaban J connectivity index is 1.36. The van der Waals surface area contributed by atoms with Crippen molar-refractivity contribution < 1.29 is 0 Å².